The summed E-state index contributed by atoms with van der Waals surface area (Å²) >= 11 is 0. The lowest BCUT2D eigenvalue weighted by Crippen LogP contribution is -2.40. The summed E-state index contributed by atoms with van der Waals surface area (Å²) in [6.45, 7) is 2.78. The monoisotopic (exact) mass is 262 g/mol. The van der Waals surface area contributed by atoms with Gasteiger partial charge in [0, 0.05) is 26.8 Å². The first-order valence-electron chi connectivity index (χ1n) is 6.32. The second kappa shape index (κ2) is 4.87. The molecule has 2 aromatic heterocycles. The van der Waals surface area contributed by atoms with Crippen LogP contribution in [-0.4, -0.2) is 13.7 Å². The Kier molecular flexibility index (Phi) is 3.42. The van der Waals surface area contributed by atoms with Crippen LogP contribution in [0.1, 0.15) is 19.8 Å². The highest BCUT2D eigenvalue weighted by atomic mass is 16.2. The highest BCUT2D eigenvalue weighted by Gasteiger charge is 2.11. The van der Waals surface area contributed by atoms with E-state index in [4.69, 9.17) is 5.41 Å². The molecule has 2 rings (SSSR count). The van der Waals surface area contributed by atoms with Crippen molar-refractivity contribution < 1.29 is 0 Å². The van der Waals surface area contributed by atoms with Gasteiger partial charge in [-0.1, -0.05) is 13.3 Å². The third kappa shape index (κ3) is 2.03. The summed E-state index contributed by atoms with van der Waals surface area (Å²) in [5.41, 5.74) is -0.106. The van der Waals surface area contributed by atoms with Crippen LogP contribution in [0.5, 0.6) is 0 Å². The fraction of sp³-hybridized carbons (Fsp3) is 0.462. The summed E-state index contributed by atoms with van der Waals surface area (Å²) in [6.07, 6.45) is 3.74. The maximum atomic E-state index is 12.2. The summed E-state index contributed by atoms with van der Waals surface area (Å²) in [5, 5.41) is 8.45. The number of pyridine rings is 1. The van der Waals surface area contributed by atoms with E-state index in [-0.39, 0.29) is 11.2 Å². The van der Waals surface area contributed by atoms with Crippen LogP contribution in [0.3, 0.4) is 0 Å². The normalized spacial score (nSPS) is 11.1. The molecule has 0 fully saturated rings. The quantitative estimate of drug-likeness (QED) is 0.865. The van der Waals surface area contributed by atoms with Gasteiger partial charge in [0.2, 0.25) is 0 Å². The second-order valence-corrected chi connectivity index (χ2v) is 4.68. The van der Waals surface area contributed by atoms with Gasteiger partial charge in [0.25, 0.3) is 5.56 Å². The van der Waals surface area contributed by atoms with Crippen LogP contribution < -0.4 is 16.7 Å². The summed E-state index contributed by atoms with van der Waals surface area (Å²) in [4.78, 5) is 24.0. The molecule has 0 amide bonds. The van der Waals surface area contributed by atoms with E-state index >= 15 is 0 Å². The van der Waals surface area contributed by atoms with E-state index < -0.39 is 5.56 Å². The molecule has 0 unspecified atom stereocenters. The van der Waals surface area contributed by atoms with Gasteiger partial charge in [-0.15, -0.1) is 0 Å². The van der Waals surface area contributed by atoms with Crippen molar-refractivity contribution >= 4 is 10.9 Å². The van der Waals surface area contributed by atoms with Crippen LogP contribution in [0.2, 0.25) is 0 Å². The highest BCUT2D eigenvalue weighted by molar-refractivity contribution is 5.76. The molecular formula is C13H18N4O2. The number of aromatic nitrogens is 3. The molecule has 0 aromatic carbocycles. The molecule has 0 saturated heterocycles. The van der Waals surface area contributed by atoms with Crippen LogP contribution in [-0.2, 0) is 20.6 Å². The van der Waals surface area contributed by atoms with Crippen molar-refractivity contribution in [3.05, 3.63) is 38.6 Å². The Morgan fingerprint density at radius 2 is 1.89 bits per heavy atom. The zero-order chi connectivity index (χ0) is 14.2. The third-order valence-corrected chi connectivity index (χ3v) is 3.40. The van der Waals surface area contributed by atoms with Gasteiger partial charge in [0.05, 0.1) is 5.52 Å². The molecule has 6 heteroatoms. The van der Waals surface area contributed by atoms with Crippen LogP contribution in [0.25, 0.3) is 10.9 Å². The first-order chi connectivity index (χ1) is 8.99. The van der Waals surface area contributed by atoms with Crippen molar-refractivity contribution in [3.8, 4) is 0 Å². The number of nitrogens with zero attached hydrogens (tertiary/aromatic N) is 3. The largest absolute Gasteiger partial charge is 0.333 e. The van der Waals surface area contributed by atoms with E-state index in [2.05, 4.69) is 6.92 Å². The summed E-state index contributed by atoms with van der Waals surface area (Å²) in [5.74, 6) is 0. The lowest BCUT2D eigenvalue weighted by Gasteiger charge is -2.11. The average Bonchev–Trinajstić information content (AvgIpc) is 2.41. The Morgan fingerprint density at radius 1 is 1.21 bits per heavy atom. The minimum absolute atomic E-state index is 0.169. The summed E-state index contributed by atoms with van der Waals surface area (Å²) in [6, 6.07) is 1.73. The maximum absolute atomic E-state index is 12.2. The van der Waals surface area contributed by atoms with E-state index in [1.165, 1.54) is 11.6 Å². The van der Waals surface area contributed by atoms with Gasteiger partial charge in [-0.05, 0) is 12.5 Å². The van der Waals surface area contributed by atoms with Gasteiger partial charge >= 0.3 is 5.69 Å². The predicted octanol–water partition coefficient (Wildman–Crippen LogP) is 0.318. The number of fused-ring (bicyclic) bond motifs is 1. The van der Waals surface area contributed by atoms with Gasteiger partial charge in [-0.3, -0.25) is 19.3 Å². The second-order valence-electron chi connectivity index (χ2n) is 4.68. The molecule has 0 spiro atoms. The van der Waals surface area contributed by atoms with Crippen LogP contribution in [0.15, 0.2) is 21.9 Å². The third-order valence-electron chi connectivity index (χ3n) is 3.40. The lowest BCUT2D eigenvalue weighted by atomic mass is 10.2. The molecule has 0 aliphatic carbocycles. The number of hydrogen-bond acceptors (Lipinski definition) is 3. The Morgan fingerprint density at radius 3 is 2.53 bits per heavy atom. The molecule has 19 heavy (non-hydrogen) atoms. The highest BCUT2D eigenvalue weighted by Crippen LogP contribution is 2.02. The predicted molar refractivity (Wildman–Crippen MR) is 73.2 cm³/mol. The number of rotatable bonds is 3. The maximum Gasteiger partial charge on any atom is 0.330 e. The van der Waals surface area contributed by atoms with E-state index in [0.717, 1.165) is 17.4 Å². The Hall–Kier alpha value is -2.11. The molecule has 1 N–H and O–H groups in total. The van der Waals surface area contributed by atoms with E-state index in [0.29, 0.717) is 17.4 Å². The van der Waals surface area contributed by atoms with Gasteiger partial charge < -0.3 is 4.57 Å². The van der Waals surface area contributed by atoms with Crippen molar-refractivity contribution in [2.45, 2.75) is 26.3 Å². The van der Waals surface area contributed by atoms with Gasteiger partial charge in [-0.25, -0.2) is 4.79 Å². The number of unbranched alkanes of at least 4 members (excludes halogenated alkanes) is 1. The molecule has 0 aliphatic rings. The number of aryl methyl sites for hydroxylation is 2. The van der Waals surface area contributed by atoms with Crippen LogP contribution >= 0.6 is 0 Å². The van der Waals surface area contributed by atoms with Gasteiger partial charge in [0.1, 0.15) is 10.9 Å². The molecule has 0 bridgehead atoms. The lowest BCUT2D eigenvalue weighted by molar-refractivity contribution is 0.602. The van der Waals surface area contributed by atoms with Crippen molar-refractivity contribution in [3.63, 3.8) is 0 Å². The minimum atomic E-state index is -0.408. The molecule has 2 aromatic rings. The van der Waals surface area contributed by atoms with E-state index in [9.17, 15) is 9.59 Å². The molecule has 0 radical (unpaired) electrons. The van der Waals surface area contributed by atoms with Gasteiger partial charge in [-0.2, -0.15) is 0 Å². The smallest absolute Gasteiger partial charge is 0.330 e. The average molecular weight is 262 g/mol. The zero-order valence-electron chi connectivity index (χ0n) is 11.4. The van der Waals surface area contributed by atoms with Crippen LogP contribution in [0, 0.1) is 5.41 Å². The topological polar surface area (TPSA) is 72.8 Å². The first kappa shape index (κ1) is 13.3. The van der Waals surface area contributed by atoms with Crippen molar-refractivity contribution in [1.82, 2.24) is 13.7 Å². The number of nitrogens with one attached hydrogen (secondary N) is 1. The number of hydrogen-bond donors (Lipinski definition) is 1. The zero-order valence-corrected chi connectivity index (χ0v) is 11.4. The summed E-state index contributed by atoms with van der Waals surface area (Å²) < 4.78 is 4.20. The summed E-state index contributed by atoms with van der Waals surface area (Å²) in [7, 11) is 3.05. The van der Waals surface area contributed by atoms with Crippen molar-refractivity contribution in [2.75, 3.05) is 0 Å². The Balaban J connectivity index is 2.87. The fourth-order valence-electron chi connectivity index (χ4n) is 2.17. The van der Waals surface area contributed by atoms with Crippen molar-refractivity contribution in [2.24, 2.45) is 14.1 Å². The van der Waals surface area contributed by atoms with E-state index in [1.54, 1.807) is 23.9 Å². The van der Waals surface area contributed by atoms with Gasteiger partial charge in [0.15, 0.2) is 0 Å². The molecule has 6 nitrogen and oxygen atoms in total. The van der Waals surface area contributed by atoms with Crippen molar-refractivity contribution in [1.29, 1.82) is 5.41 Å². The Labute approximate surface area is 110 Å². The minimum Gasteiger partial charge on any atom is -0.333 e. The molecular weight excluding hydrogens is 244 g/mol. The molecule has 0 atom stereocenters. The van der Waals surface area contributed by atoms with E-state index in [1.807, 2.05) is 0 Å². The standard InChI is InChI=1S/C13H18N4O2/c1-4-5-7-17-8-6-9-10(11(17)14)12(18)16(3)13(19)15(9)2/h6,8,14H,4-5,7H2,1-3H3. The SMILES string of the molecule is CCCCn1ccc2c(c1=N)c(=O)n(C)c(=O)n2C. The van der Waals surface area contributed by atoms with Crippen LogP contribution in [0.4, 0.5) is 0 Å². The first-order valence-corrected chi connectivity index (χ1v) is 6.32. The molecule has 102 valence electrons. The Bertz CT molecular complexity index is 795. The molecule has 0 saturated carbocycles. The molecule has 2 heterocycles. The molecule has 0 aliphatic heterocycles. The fourth-order valence-corrected chi connectivity index (χ4v) is 2.17.